The van der Waals surface area contributed by atoms with Crippen LogP contribution in [-0.2, 0) is 7.05 Å². The monoisotopic (exact) mass is 383 g/mol. The summed E-state index contributed by atoms with van der Waals surface area (Å²) in [5, 5.41) is 9.28. The van der Waals surface area contributed by atoms with Crippen LogP contribution in [0.2, 0.25) is 0 Å². The molecule has 3 heterocycles. The Kier molecular flexibility index (Phi) is 3.75. The van der Waals surface area contributed by atoms with E-state index in [1.807, 2.05) is 0 Å². The van der Waals surface area contributed by atoms with Crippen molar-refractivity contribution < 1.29 is 13.2 Å². The minimum absolute atomic E-state index is 0.0964. The fourth-order valence-electron chi connectivity index (χ4n) is 3.43. The van der Waals surface area contributed by atoms with E-state index in [-0.39, 0.29) is 17.3 Å². The highest BCUT2D eigenvalue weighted by atomic mass is 19.3. The van der Waals surface area contributed by atoms with E-state index in [0.29, 0.717) is 33.8 Å². The quantitative estimate of drug-likeness (QED) is 0.510. The first-order valence-electron chi connectivity index (χ1n) is 8.99. The molecule has 28 heavy (non-hydrogen) atoms. The van der Waals surface area contributed by atoms with Crippen LogP contribution in [0.3, 0.4) is 0 Å². The second kappa shape index (κ2) is 6.19. The van der Waals surface area contributed by atoms with Gasteiger partial charge in [-0.3, -0.25) is 4.68 Å². The number of benzene rings is 1. The maximum absolute atomic E-state index is 14.0. The lowest BCUT2D eigenvalue weighted by Gasteiger charge is -2.08. The molecule has 0 amide bonds. The van der Waals surface area contributed by atoms with E-state index in [9.17, 15) is 13.2 Å². The molecule has 1 aliphatic carbocycles. The highest BCUT2D eigenvalue weighted by Crippen LogP contribution is 2.45. The average molecular weight is 383 g/mol. The van der Waals surface area contributed by atoms with Gasteiger partial charge in [0.2, 0.25) is 0 Å². The van der Waals surface area contributed by atoms with Gasteiger partial charge in [0, 0.05) is 24.7 Å². The number of alkyl halides is 2. The van der Waals surface area contributed by atoms with E-state index in [1.165, 1.54) is 22.9 Å². The number of aromatic nitrogens is 5. The molecular formula is C20H16F3N5. The maximum atomic E-state index is 14.0. The number of rotatable bonds is 4. The molecule has 0 unspecified atom stereocenters. The summed E-state index contributed by atoms with van der Waals surface area (Å²) in [6.07, 6.45) is 0.896. The Balaban J connectivity index is 1.82. The minimum Gasteiger partial charge on any atom is -0.275 e. The van der Waals surface area contributed by atoms with Crippen LogP contribution in [-0.4, -0.2) is 24.5 Å². The summed E-state index contributed by atoms with van der Waals surface area (Å²) in [4.78, 5) is 4.63. The number of fused-ring (bicyclic) bond motifs is 1. The second-order valence-electron chi connectivity index (χ2n) is 7.02. The predicted molar refractivity (Wildman–Crippen MR) is 98.0 cm³/mol. The largest absolute Gasteiger partial charge is 0.275 e. The molecule has 3 aromatic heterocycles. The molecule has 0 radical (unpaired) electrons. The molecule has 5 rings (SSSR count). The van der Waals surface area contributed by atoms with Gasteiger partial charge in [-0.2, -0.15) is 10.2 Å². The topological polar surface area (TPSA) is 48.5 Å². The smallest absolute Gasteiger partial charge is 0.264 e. The Labute approximate surface area is 158 Å². The van der Waals surface area contributed by atoms with Crippen molar-refractivity contribution in [3.05, 3.63) is 59.7 Å². The molecule has 0 spiro atoms. The lowest BCUT2D eigenvalue weighted by molar-refractivity contribution is 0.153. The van der Waals surface area contributed by atoms with Crippen molar-refractivity contribution in [2.45, 2.75) is 25.2 Å². The third-order valence-corrected chi connectivity index (χ3v) is 4.94. The maximum Gasteiger partial charge on any atom is 0.264 e. The zero-order valence-corrected chi connectivity index (χ0v) is 15.0. The van der Waals surface area contributed by atoms with Gasteiger partial charge in [0.15, 0.2) is 5.65 Å². The van der Waals surface area contributed by atoms with Crippen LogP contribution in [0.4, 0.5) is 13.2 Å². The van der Waals surface area contributed by atoms with Crippen LogP contribution < -0.4 is 0 Å². The highest BCUT2D eigenvalue weighted by Gasteiger charge is 2.33. The summed E-state index contributed by atoms with van der Waals surface area (Å²) in [5.74, 6) is -0.220. The standard InChI is InChI=1S/C20H16F3N5/c1-27-9-8-15(25-27)16-10-14(19(22)23)17-18(11-2-3-11)26-28(20(17)24-16)13-6-4-12(21)5-7-13/h4-11,19H,2-3H2,1H3. The normalized spacial score (nSPS) is 14.3. The van der Waals surface area contributed by atoms with Gasteiger partial charge in [0.1, 0.15) is 11.5 Å². The summed E-state index contributed by atoms with van der Waals surface area (Å²) in [5.41, 5.74) is 2.31. The van der Waals surface area contributed by atoms with Gasteiger partial charge in [-0.25, -0.2) is 22.8 Å². The number of aryl methyl sites for hydroxylation is 1. The van der Waals surface area contributed by atoms with E-state index in [4.69, 9.17) is 0 Å². The molecule has 0 saturated heterocycles. The molecule has 0 aliphatic heterocycles. The minimum atomic E-state index is -2.67. The first kappa shape index (κ1) is 17.0. The summed E-state index contributed by atoms with van der Waals surface area (Å²) < 4.78 is 44.5. The average Bonchev–Trinajstić information content (AvgIpc) is 3.32. The van der Waals surface area contributed by atoms with Crippen LogP contribution in [0.15, 0.2) is 42.6 Å². The molecular weight excluding hydrogens is 367 g/mol. The lowest BCUT2D eigenvalue weighted by atomic mass is 10.1. The fraction of sp³-hybridized carbons (Fsp3) is 0.250. The summed E-state index contributed by atoms with van der Waals surface area (Å²) in [6.45, 7) is 0. The lowest BCUT2D eigenvalue weighted by Crippen LogP contribution is -2.00. The van der Waals surface area contributed by atoms with Crippen LogP contribution in [0.1, 0.15) is 36.4 Å². The van der Waals surface area contributed by atoms with Gasteiger partial charge in [0.25, 0.3) is 6.43 Å². The highest BCUT2D eigenvalue weighted by molar-refractivity contribution is 5.87. The van der Waals surface area contributed by atoms with Crippen molar-refractivity contribution in [3.8, 4) is 17.1 Å². The molecule has 1 aliphatic rings. The van der Waals surface area contributed by atoms with E-state index in [2.05, 4.69) is 15.2 Å². The molecule has 1 aromatic carbocycles. The summed E-state index contributed by atoms with van der Waals surface area (Å²) in [7, 11) is 1.75. The SMILES string of the molecule is Cn1ccc(-c2cc(C(F)F)c3c(C4CC4)nn(-c4ccc(F)cc4)c3n2)n1. The van der Waals surface area contributed by atoms with Gasteiger partial charge in [-0.05, 0) is 49.2 Å². The van der Waals surface area contributed by atoms with E-state index < -0.39 is 6.43 Å². The number of hydrogen-bond donors (Lipinski definition) is 0. The zero-order chi connectivity index (χ0) is 19.4. The van der Waals surface area contributed by atoms with Gasteiger partial charge < -0.3 is 0 Å². The van der Waals surface area contributed by atoms with Crippen LogP contribution >= 0.6 is 0 Å². The van der Waals surface area contributed by atoms with Crippen LogP contribution in [0.5, 0.6) is 0 Å². The number of pyridine rings is 1. The van der Waals surface area contributed by atoms with Crippen molar-refractivity contribution in [3.63, 3.8) is 0 Å². The molecule has 8 heteroatoms. The summed E-state index contributed by atoms with van der Waals surface area (Å²) in [6, 6.07) is 8.89. The molecule has 5 nitrogen and oxygen atoms in total. The molecule has 4 aromatic rings. The van der Waals surface area contributed by atoms with Crippen molar-refractivity contribution in [2.75, 3.05) is 0 Å². The van der Waals surface area contributed by atoms with Crippen molar-refractivity contribution in [1.82, 2.24) is 24.5 Å². The Bertz CT molecular complexity index is 1170. The first-order chi connectivity index (χ1) is 13.5. The predicted octanol–water partition coefficient (Wildman–Crippen LogP) is 4.78. The van der Waals surface area contributed by atoms with E-state index in [1.54, 1.807) is 36.1 Å². The second-order valence-corrected chi connectivity index (χ2v) is 7.02. The third kappa shape index (κ3) is 2.76. The van der Waals surface area contributed by atoms with Crippen molar-refractivity contribution >= 4 is 11.0 Å². The first-order valence-corrected chi connectivity index (χ1v) is 8.99. The Morgan fingerprint density at radius 2 is 1.79 bits per heavy atom. The van der Waals surface area contributed by atoms with Gasteiger partial charge in [0.05, 0.1) is 22.5 Å². The van der Waals surface area contributed by atoms with Gasteiger partial charge >= 0.3 is 0 Å². The van der Waals surface area contributed by atoms with Crippen LogP contribution in [0.25, 0.3) is 28.1 Å². The van der Waals surface area contributed by atoms with E-state index >= 15 is 0 Å². The molecule has 1 fully saturated rings. The molecule has 0 bridgehead atoms. The molecule has 0 atom stereocenters. The van der Waals surface area contributed by atoms with Crippen molar-refractivity contribution in [2.24, 2.45) is 7.05 Å². The summed E-state index contributed by atoms with van der Waals surface area (Å²) >= 11 is 0. The molecule has 1 saturated carbocycles. The van der Waals surface area contributed by atoms with Gasteiger partial charge in [-0.15, -0.1) is 0 Å². The van der Waals surface area contributed by atoms with Crippen molar-refractivity contribution in [1.29, 1.82) is 0 Å². The third-order valence-electron chi connectivity index (χ3n) is 4.94. The Morgan fingerprint density at radius 1 is 1.04 bits per heavy atom. The number of nitrogens with zero attached hydrogens (tertiary/aromatic N) is 5. The number of hydrogen-bond acceptors (Lipinski definition) is 3. The number of halogens is 3. The zero-order valence-electron chi connectivity index (χ0n) is 15.0. The Hall–Kier alpha value is -3.16. The Morgan fingerprint density at radius 3 is 2.39 bits per heavy atom. The molecule has 0 N–H and O–H groups in total. The fourth-order valence-corrected chi connectivity index (χ4v) is 3.43. The molecule has 142 valence electrons. The van der Waals surface area contributed by atoms with Gasteiger partial charge in [-0.1, -0.05) is 0 Å². The van der Waals surface area contributed by atoms with Crippen LogP contribution in [0, 0.1) is 5.82 Å². The van der Waals surface area contributed by atoms with E-state index in [0.717, 1.165) is 12.8 Å².